The number of nitro groups is 1. The molecule has 0 aliphatic heterocycles. The maximum atomic E-state index is 12.1. The fraction of sp³-hybridized carbons (Fsp3) is 0.333. The zero-order valence-electron chi connectivity index (χ0n) is 17.3. The quantitative estimate of drug-likeness (QED) is 0.505. The van der Waals surface area contributed by atoms with Gasteiger partial charge in [-0.2, -0.15) is 0 Å². The van der Waals surface area contributed by atoms with E-state index >= 15 is 0 Å². The Balaban J connectivity index is 1.87. The molecule has 0 fully saturated rings. The van der Waals surface area contributed by atoms with Gasteiger partial charge in [-0.05, 0) is 43.0 Å². The van der Waals surface area contributed by atoms with Gasteiger partial charge in [0.15, 0.2) is 18.5 Å². The molecule has 30 heavy (non-hydrogen) atoms. The molecule has 2 rings (SSSR count). The first-order valence-corrected chi connectivity index (χ1v) is 9.41. The van der Waals surface area contributed by atoms with Gasteiger partial charge in [-0.25, -0.2) is 0 Å². The second-order valence-corrected chi connectivity index (χ2v) is 7.01. The average Bonchev–Trinajstić information content (AvgIpc) is 2.70. The van der Waals surface area contributed by atoms with Gasteiger partial charge in [0.1, 0.15) is 5.75 Å². The lowest BCUT2D eigenvalue weighted by Crippen LogP contribution is -2.48. The van der Waals surface area contributed by atoms with Gasteiger partial charge >= 0.3 is 5.69 Å². The number of nitro benzene ring substituents is 1. The summed E-state index contributed by atoms with van der Waals surface area (Å²) in [4.78, 5) is 34.6. The molecule has 2 N–H and O–H groups in total. The summed E-state index contributed by atoms with van der Waals surface area (Å²) in [6, 6.07) is 11.5. The van der Waals surface area contributed by atoms with E-state index in [1.165, 1.54) is 25.1 Å². The standard InChI is InChI=1S/C21H25N3O6/c1-13(2)16-10-9-14(3)11-19(16)29-12-20(25)22-23-21(26)15(4)30-18-8-6-5-7-17(18)24(27)28/h5-11,13,15H,12H2,1-4H3,(H,22,25)(H,23,26)/t15-/m1/s1. The molecule has 0 aliphatic rings. The number of carbonyl (C=O) groups excluding carboxylic acids is 2. The smallest absolute Gasteiger partial charge is 0.310 e. The third kappa shape index (κ3) is 6.20. The summed E-state index contributed by atoms with van der Waals surface area (Å²) in [6.07, 6.45) is -1.07. The Bertz CT molecular complexity index is 929. The molecule has 0 aliphatic carbocycles. The van der Waals surface area contributed by atoms with Gasteiger partial charge in [0.05, 0.1) is 4.92 Å². The number of amides is 2. The Morgan fingerprint density at radius 3 is 2.43 bits per heavy atom. The molecule has 0 spiro atoms. The van der Waals surface area contributed by atoms with Crippen molar-refractivity contribution in [3.05, 3.63) is 63.7 Å². The molecule has 2 aromatic rings. The van der Waals surface area contributed by atoms with E-state index < -0.39 is 22.8 Å². The second kappa shape index (κ2) is 10.2. The van der Waals surface area contributed by atoms with E-state index in [-0.39, 0.29) is 24.0 Å². The van der Waals surface area contributed by atoms with Gasteiger partial charge in [-0.3, -0.25) is 30.6 Å². The number of carbonyl (C=O) groups is 2. The molecule has 0 saturated carbocycles. The summed E-state index contributed by atoms with van der Waals surface area (Å²) < 4.78 is 11.0. The van der Waals surface area contributed by atoms with Gasteiger partial charge in [0.25, 0.3) is 11.8 Å². The van der Waals surface area contributed by atoms with Crippen LogP contribution in [-0.4, -0.2) is 29.4 Å². The molecule has 0 aromatic heterocycles. The summed E-state index contributed by atoms with van der Waals surface area (Å²) in [5, 5.41) is 11.0. The van der Waals surface area contributed by atoms with Crippen molar-refractivity contribution in [1.29, 1.82) is 0 Å². The number of aryl methyl sites for hydroxylation is 1. The Kier molecular flexibility index (Phi) is 7.74. The van der Waals surface area contributed by atoms with Gasteiger partial charge in [0.2, 0.25) is 0 Å². The fourth-order valence-electron chi connectivity index (χ4n) is 2.61. The Labute approximate surface area is 174 Å². The average molecular weight is 415 g/mol. The molecule has 9 nitrogen and oxygen atoms in total. The third-order valence-corrected chi connectivity index (χ3v) is 4.21. The SMILES string of the molecule is Cc1ccc(C(C)C)c(OCC(=O)NNC(=O)[C@@H](C)Oc2ccccc2[N+](=O)[O-])c1. The molecule has 2 amide bonds. The monoisotopic (exact) mass is 415 g/mol. The van der Waals surface area contributed by atoms with Crippen LogP contribution in [0.3, 0.4) is 0 Å². The van der Waals surface area contributed by atoms with Crippen LogP contribution >= 0.6 is 0 Å². The fourth-order valence-corrected chi connectivity index (χ4v) is 2.61. The van der Waals surface area contributed by atoms with E-state index in [1.54, 1.807) is 6.07 Å². The van der Waals surface area contributed by atoms with Crippen molar-refractivity contribution < 1.29 is 24.0 Å². The van der Waals surface area contributed by atoms with Crippen LogP contribution in [-0.2, 0) is 9.59 Å². The van der Waals surface area contributed by atoms with Crippen molar-refractivity contribution in [2.75, 3.05) is 6.61 Å². The number of para-hydroxylation sites is 2. The number of hydrogen-bond donors (Lipinski definition) is 2. The molecule has 1 atom stereocenters. The van der Waals surface area contributed by atoms with Crippen LogP contribution < -0.4 is 20.3 Å². The number of nitrogens with zero attached hydrogens (tertiary/aromatic N) is 1. The first kappa shape index (κ1) is 22.7. The predicted octanol–water partition coefficient (Wildman–Crippen LogP) is 3.02. The van der Waals surface area contributed by atoms with Crippen molar-refractivity contribution >= 4 is 17.5 Å². The highest BCUT2D eigenvalue weighted by Crippen LogP contribution is 2.28. The van der Waals surface area contributed by atoms with Gasteiger partial charge in [-0.1, -0.05) is 38.1 Å². The molecule has 9 heteroatoms. The molecule has 2 aromatic carbocycles. The number of nitrogens with one attached hydrogen (secondary N) is 2. The van der Waals surface area contributed by atoms with Gasteiger partial charge in [-0.15, -0.1) is 0 Å². The number of hydrogen-bond acceptors (Lipinski definition) is 6. The second-order valence-electron chi connectivity index (χ2n) is 7.01. The Hall–Kier alpha value is -3.62. The number of hydrazine groups is 1. The molecular weight excluding hydrogens is 390 g/mol. The van der Waals surface area contributed by atoms with Crippen LogP contribution in [0.25, 0.3) is 0 Å². The molecule has 0 heterocycles. The normalized spacial score (nSPS) is 11.5. The summed E-state index contributed by atoms with van der Waals surface area (Å²) in [5.41, 5.74) is 6.19. The van der Waals surface area contributed by atoms with E-state index in [0.717, 1.165) is 11.1 Å². The summed E-state index contributed by atoms with van der Waals surface area (Å²) >= 11 is 0. The van der Waals surface area contributed by atoms with Crippen molar-refractivity contribution in [3.8, 4) is 11.5 Å². The summed E-state index contributed by atoms with van der Waals surface area (Å²) in [6.45, 7) is 7.10. The van der Waals surface area contributed by atoms with E-state index in [2.05, 4.69) is 10.9 Å². The van der Waals surface area contributed by atoms with Crippen molar-refractivity contribution in [3.63, 3.8) is 0 Å². The van der Waals surface area contributed by atoms with Crippen molar-refractivity contribution in [2.24, 2.45) is 0 Å². The van der Waals surface area contributed by atoms with Crippen LogP contribution in [0, 0.1) is 17.0 Å². The zero-order valence-corrected chi connectivity index (χ0v) is 17.3. The van der Waals surface area contributed by atoms with Crippen LogP contribution in [0.15, 0.2) is 42.5 Å². The van der Waals surface area contributed by atoms with E-state index in [9.17, 15) is 19.7 Å². The minimum atomic E-state index is -1.07. The van der Waals surface area contributed by atoms with E-state index in [1.807, 2.05) is 39.0 Å². The number of rotatable bonds is 8. The molecule has 0 radical (unpaired) electrons. The van der Waals surface area contributed by atoms with Gasteiger partial charge in [0, 0.05) is 6.07 Å². The molecular formula is C21H25N3O6. The lowest BCUT2D eigenvalue weighted by molar-refractivity contribution is -0.386. The first-order chi connectivity index (χ1) is 14.2. The minimum Gasteiger partial charge on any atom is -0.483 e. The maximum absolute atomic E-state index is 12.1. The zero-order chi connectivity index (χ0) is 22.3. The highest BCUT2D eigenvalue weighted by molar-refractivity contribution is 5.85. The Morgan fingerprint density at radius 2 is 1.77 bits per heavy atom. The van der Waals surface area contributed by atoms with Gasteiger partial charge < -0.3 is 9.47 Å². The molecule has 0 bridgehead atoms. The van der Waals surface area contributed by atoms with Crippen LogP contribution in [0.1, 0.15) is 37.8 Å². The van der Waals surface area contributed by atoms with E-state index in [0.29, 0.717) is 5.75 Å². The molecule has 0 unspecified atom stereocenters. The van der Waals surface area contributed by atoms with Crippen LogP contribution in [0.5, 0.6) is 11.5 Å². The predicted molar refractivity (Wildman–Crippen MR) is 110 cm³/mol. The van der Waals surface area contributed by atoms with E-state index in [4.69, 9.17) is 9.47 Å². The van der Waals surface area contributed by atoms with Crippen LogP contribution in [0.2, 0.25) is 0 Å². The summed E-state index contributed by atoms with van der Waals surface area (Å²) in [7, 11) is 0. The first-order valence-electron chi connectivity index (χ1n) is 9.41. The Morgan fingerprint density at radius 1 is 1.07 bits per heavy atom. The molecule has 160 valence electrons. The van der Waals surface area contributed by atoms with Crippen molar-refractivity contribution in [1.82, 2.24) is 10.9 Å². The van der Waals surface area contributed by atoms with Crippen LogP contribution in [0.4, 0.5) is 5.69 Å². The largest absolute Gasteiger partial charge is 0.483 e. The number of ether oxygens (including phenoxy) is 2. The lowest BCUT2D eigenvalue weighted by Gasteiger charge is -2.16. The minimum absolute atomic E-state index is 0.0412. The van der Waals surface area contributed by atoms with Crippen molar-refractivity contribution in [2.45, 2.75) is 39.7 Å². The maximum Gasteiger partial charge on any atom is 0.310 e. The highest BCUT2D eigenvalue weighted by atomic mass is 16.6. The highest BCUT2D eigenvalue weighted by Gasteiger charge is 2.21. The third-order valence-electron chi connectivity index (χ3n) is 4.21. The molecule has 0 saturated heterocycles. The topological polar surface area (TPSA) is 120 Å². The lowest BCUT2D eigenvalue weighted by atomic mass is 10.0. The number of benzene rings is 2. The summed E-state index contributed by atoms with van der Waals surface area (Å²) in [5.74, 6) is -0.430.